The molecule has 0 aromatic heterocycles. The molecule has 0 bridgehead atoms. The standard InChI is InChI=1S/C11H10O2/c1-2-10(12)9-7-13-11-6-4-3-5-8(9)11/h1,3-6,9-10,12H,7H2. The Bertz CT molecular complexity index is 351. The molecule has 1 aromatic rings. The number of fused-ring (bicyclic) bond motifs is 1. The van der Waals surface area contributed by atoms with Crippen molar-refractivity contribution in [1.82, 2.24) is 0 Å². The van der Waals surface area contributed by atoms with E-state index in [9.17, 15) is 5.11 Å². The molecule has 0 spiro atoms. The summed E-state index contributed by atoms with van der Waals surface area (Å²) in [7, 11) is 0. The fraction of sp³-hybridized carbons (Fsp3) is 0.273. The summed E-state index contributed by atoms with van der Waals surface area (Å²) < 4.78 is 5.38. The predicted molar refractivity (Wildman–Crippen MR) is 49.5 cm³/mol. The summed E-state index contributed by atoms with van der Waals surface area (Å²) in [6.07, 6.45) is 4.41. The molecule has 13 heavy (non-hydrogen) atoms. The van der Waals surface area contributed by atoms with E-state index in [1.165, 1.54) is 0 Å². The molecule has 1 aliphatic heterocycles. The van der Waals surface area contributed by atoms with E-state index >= 15 is 0 Å². The van der Waals surface area contributed by atoms with Crippen LogP contribution in [-0.2, 0) is 0 Å². The van der Waals surface area contributed by atoms with Crippen LogP contribution in [0.2, 0.25) is 0 Å². The van der Waals surface area contributed by atoms with E-state index in [0.717, 1.165) is 11.3 Å². The van der Waals surface area contributed by atoms with Crippen molar-refractivity contribution in [1.29, 1.82) is 0 Å². The largest absolute Gasteiger partial charge is 0.493 e. The Morgan fingerprint density at radius 3 is 3.08 bits per heavy atom. The third-order valence-electron chi connectivity index (χ3n) is 2.29. The zero-order chi connectivity index (χ0) is 9.26. The third-order valence-corrected chi connectivity index (χ3v) is 2.29. The summed E-state index contributed by atoms with van der Waals surface area (Å²) in [6.45, 7) is 0.477. The van der Waals surface area contributed by atoms with Gasteiger partial charge in [-0.1, -0.05) is 24.1 Å². The summed E-state index contributed by atoms with van der Waals surface area (Å²) in [5.41, 5.74) is 1.01. The minimum absolute atomic E-state index is 0.0683. The van der Waals surface area contributed by atoms with E-state index in [1.807, 2.05) is 24.3 Å². The lowest BCUT2D eigenvalue weighted by Gasteiger charge is -2.10. The molecule has 2 heteroatoms. The minimum atomic E-state index is -0.747. The van der Waals surface area contributed by atoms with Gasteiger partial charge in [-0.05, 0) is 6.07 Å². The van der Waals surface area contributed by atoms with Gasteiger partial charge in [-0.2, -0.15) is 0 Å². The number of rotatable bonds is 1. The van der Waals surface area contributed by atoms with Crippen molar-refractivity contribution in [2.45, 2.75) is 12.0 Å². The summed E-state index contributed by atoms with van der Waals surface area (Å²) in [5.74, 6) is 3.09. The van der Waals surface area contributed by atoms with Crippen LogP contribution in [0.4, 0.5) is 0 Å². The molecule has 1 heterocycles. The average molecular weight is 174 g/mol. The van der Waals surface area contributed by atoms with Gasteiger partial charge in [0.25, 0.3) is 0 Å². The van der Waals surface area contributed by atoms with Gasteiger partial charge in [0, 0.05) is 5.56 Å². The Balaban J connectivity index is 2.34. The molecule has 0 saturated heterocycles. The van der Waals surface area contributed by atoms with Gasteiger partial charge in [-0.3, -0.25) is 0 Å². The van der Waals surface area contributed by atoms with E-state index in [4.69, 9.17) is 11.2 Å². The quantitative estimate of drug-likeness (QED) is 0.647. The number of aliphatic hydroxyl groups excluding tert-OH is 1. The molecule has 0 radical (unpaired) electrons. The van der Waals surface area contributed by atoms with Crippen molar-refractivity contribution >= 4 is 0 Å². The zero-order valence-corrected chi connectivity index (χ0v) is 7.10. The highest BCUT2D eigenvalue weighted by atomic mass is 16.5. The normalized spacial score (nSPS) is 21.4. The summed E-state index contributed by atoms with van der Waals surface area (Å²) in [5, 5.41) is 9.49. The topological polar surface area (TPSA) is 29.5 Å². The molecule has 1 aliphatic rings. The van der Waals surface area contributed by atoms with Crippen molar-refractivity contribution in [2.24, 2.45) is 0 Å². The lowest BCUT2D eigenvalue weighted by Crippen LogP contribution is -2.17. The molecule has 66 valence electrons. The fourth-order valence-electron chi connectivity index (χ4n) is 1.57. The highest BCUT2D eigenvalue weighted by Crippen LogP contribution is 2.35. The van der Waals surface area contributed by atoms with Gasteiger partial charge >= 0.3 is 0 Å². The van der Waals surface area contributed by atoms with Crippen LogP contribution in [-0.4, -0.2) is 17.8 Å². The highest BCUT2D eigenvalue weighted by molar-refractivity contribution is 5.41. The zero-order valence-electron chi connectivity index (χ0n) is 7.10. The molecule has 2 rings (SSSR count). The Morgan fingerprint density at radius 1 is 1.54 bits per heavy atom. The van der Waals surface area contributed by atoms with E-state index in [2.05, 4.69) is 5.92 Å². The van der Waals surface area contributed by atoms with Crippen LogP contribution in [0.25, 0.3) is 0 Å². The van der Waals surface area contributed by atoms with Crippen LogP contribution >= 0.6 is 0 Å². The van der Waals surface area contributed by atoms with Crippen LogP contribution in [0.3, 0.4) is 0 Å². The van der Waals surface area contributed by atoms with Crippen LogP contribution in [0.1, 0.15) is 11.5 Å². The number of hydrogen-bond acceptors (Lipinski definition) is 2. The van der Waals surface area contributed by atoms with Crippen LogP contribution in [0.5, 0.6) is 5.75 Å². The van der Waals surface area contributed by atoms with Gasteiger partial charge in [0.1, 0.15) is 11.9 Å². The maximum absolute atomic E-state index is 9.49. The molecule has 0 aliphatic carbocycles. The lowest BCUT2D eigenvalue weighted by molar-refractivity contribution is 0.178. The Kier molecular flexibility index (Phi) is 1.96. The molecular weight excluding hydrogens is 164 g/mol. The monoisotopic (exact) mass is 174 g/mol. The summed E-state index contributed by atoms with van der Waals surface area (Å²) in [4.78, 5) is 0. The molecule has 0 saturated carbocycles. The Hall–Kier alpha value is -1.46. The van der Waals surface area contributed by atoms with Crippen molar-refractivity contribution in [3.05, 3.63) is 29.8 Å². The van der Waals surface area contributed by atoms with Gasteiger partial charge in [0.15, 0.2) is 0 Å². The highest BCUT2D eigenvalue weighted by Gasteiger charge is 2.28. The molecule has 2 atom stereocenters. The first-order valence-corrected chi connectivity index (χ1v) is 4.19. The molecule has 1 N–H and O–H groups in total. The Labute approximate surface area is 77.2 Å². The van der Waals surface area contributed by atoms with E-state index in [0.29, 0.717) is 6.61 Å². The van der Waals surface area contributed by atoms with Gasteiger partial charge < -0.3 is 9.84 Å². The van der Waals surface area contributed by atoms with E-state index in [1.54, 1.807) is 0 Å². The number of aliphatic hydroxyl groups is 1. The molecule has 1 aromatic carbocycles. The number of hydrogen-bond donors (Lipinski definition) is 1. The molecule has 2 nitrogen and oxygen atoms in total. The first-order valence-electron chi connectivity index (χ1n) is 4.19. The SMILES string of the molecule is C#CC(O)C1COc2ccccc21. The van der Waals surface area contributed by atoms with E-state index < -0.39 is 6.10 Å². The first-order chi connectivity index (χ1) is 6.33. The van der Waals surface area contributed by atoms with Gasteiger partial charge in [0.2, 0.25) is 0 Å². The molecule has 0 fully saturated rings. The van der Waals surface area contributed by atoms with Crippen molar-refractivity contribution in [2.75, 3.05) is 6.61 Å². The predicted octanol–water partition coefficient (Wildman–Crippen LogP) is 1.16. The second-order valence-electron chi connectivity index (χ2n) is 3.07. The van der Waals surface area contributed by atoms with Crippen molar-refractivity contribution < 1.29 is 9.84 Å². The van der Waals surface area contributed by atoms with Crippen molar-refractivity contribution in [3.63, 3.8) is 0 Å². The summed E-state index contributed by atoms with van der Waals surface area (Å²) in [6, 6.07) is 7.65. The minimum Gasteiger partial charge on any atom is -0.493 e. The van der Waals surface area contributed by atoms with Crippen LogP contribution in [0.15, 0.2) is 24.3 Å². The number of ether oxygens (including phenoxy) is 1. The van der Waals surface area contributed by atoms with Crippen LogP contribution < -0.4 is 4.74 Å². The molecular formula is C11H10O2. The van der Waals surface area contributed by atoms with Gasteiger partial charge in [-0.15, -0.1) is 6.42 Å². The maximum Gasteiger partial charge on any atom is 0.124 e. The second kappa shape index (κ2) is 3.12. The van der Waals surface area contributed by atoms with E-state index in [-0.39, 0.29) is 5.92 Å². The fourth-order valence-corrected chi connectivity index (χ4v) is 1.57. The van der Waals surface area contributed by atoms with Crippen molar-refractivity contribution in [3.8, 4) is 18.1 Å². The Morgan fingerprint density at radius 2 is 2.31 bits per heavy atom. The summed E-state index contributed by atoms with van der Waals surface area (Å²) >= 11 is 0. The second-order valence-corrected chi connectivity index (χ2v) is 3.07. The van der Waals surface area contributed by atoms with Gasteiger partial charge in [-0.25, -0.2) is 0 Å². The first kappa shape index (κ1) is 8.15. The van der Waals surface area contributed by atoms with Crippen LogP contribution in [0, 0.1) is 12.3 Å². The number of terminal acetylenes is 1. The number of para-hydroxylation sites is 1. The average Bonchev–Trinajstić information content (AvgIpc) is 2.60. The maximum atomic E-state index is 9.49. The number of benzene rings is 1. The lowest BCUT2D eigenvalue weighted by atomic mass is 9.96. The molecule has 2 unspecified atom stereocenters. The van der Waals surface area contributed by atoms with Gasteiger partial charge in [0.05, 0.1) is 12.5 Å². The third kappa shape index (κ3) is 1.28. The molecule has 0 amide bonds. The smallest absolute Gasteiger partial charge is 0.124 e.